The predicted octanol–water partition coefficient (Wildman–Crippen LogP) is 5.04. The van der Waals surface area contributed by atoms with E-state index in [4.69, 9.17) is 4.74 Å². The van der Waals surface area contributed by atoms with Crippen molar-refractivity contribution in [1.82, 2.24) is 10.3 Å². The molecule has 3 rings (SSSR count). The van der Waals surface area contributed by atoms with E-state index in [1.54, 1.807) is 5.38 Å². The molecule has 168 valence electrons. The molecule has 32 heavy (non-hydrogen) atoms. The summed E-state index contributed by atoms with van der Waals surface area (Å²) in [4.78, 5) is 27.6. The minimum atomic E-state index is -4.43. The molecule has 2 aromatic carbocycles. The highest BCUT2D eigenvalue weighted by Gasteiger charge is 2.30. The first-order valence-corrected chi connectivity index (χ1v) is 10.4. The summed E-state index contributed by atoms with van der Waals surface area (Å²) in [6.07, 6.45) is -4.43. The van der Waals surface area contributed by atoms with E-state index in [9.17, 15) is 22.8 Å². The Morgan fingerprint density at radius 1 is 1.09 bits per heavy atom. The summed E-state index contributed by atoms with van der Waals surface area (Å²) in [6, 6.07) is 11.5. The molecule has 0 radical (unpaired) electrons. The number of nitrogens with zero attached hydrogens (tertiary/aromatic N) is 1. The van der Waals surface area contributed by atoms with Crippen molar-refractivity contribution >= 4 is 28.3 Å². The molecule has 10 heteroatoms. The third kappa shape index (κ3) is 6.30. The molecule has 2 amide bonds. The van der Waals surface area contributed by atoms with Gasteiger partial charge in [0, 0.05) is 17.9 Å². The van der Waals surface area contributed by atoms with Gasteiger partial charge in [-0.25, -0.2) is 4.98 Å². The number of halogens is 3. The first-order valence-electron chi connectivity index (χ1n) is 9.54. The summed E-state index contributed by atoms with van der Waals surface area (Å²) in [5.41, 5.74) is 1.68. The largest absolute Gasteiger partial charge is 0.484 e. The van der Waals surface area contributed by atoms with Gasteiger partial charge < -0.3 is 10.1 Å². The first kappa shape index (κ1) is 23.3. The summed E-state index contributed by atoms with van der Waals surface area (Å²) in [5, 5.41) is 7.58. The van der Waals surface area contributed by atoms with E-state index in [0.29, 0.717) is 10.8 Å². The molecule has 0 spiro atoms. The number of benzene rings is 2. The number of hydrogen-bond donors (Lipinski definition) is 2. The number of rotatable bonds is 7. The van der Waals surface area contributed by atoms with Crippen molar-refractivity contribution in [3.63, 3.8) is 0 Å². The maximum absolute atomic E-state index is 12.6. The van der Waals surface area contributed by atoms with Gasteiger partial charge in [0.05, 0.1) is 17.3 Å². The second kappa shape index (κ2) is 9.82. The van der Waals surface area contributed by atoms with Gasteiger partial charge in [-0.1, -0.05) is 24.3 Å². The van der Waals surface area contributed by atoms with Crippen LogP contribution in [0.2, 0.25) is 0 Å². The number of anilines is 1. The number of hydrogen-bond acceptors (Lipinski definition) is 5. The van der Waals surface area contributed by atoms with Crippen molar-refractivity contribution < 1.29 is 27.5 Å². The summed E-state index contributed by atoms with van der Waals surface area (Å²) in [6.45, 7) is 2.99. The van der Waals surface area contributed by atoms with Gasteiger partial charge in [-0.05, 0) is 36.8 Å². The van der Waals surface area contributed by atoms with Crippen LogP contribution in [0.4, 0.5) is 18.3 Å². The molecule has 0 aliphatic carbocycles. The molecule has 0 aliphatic rings. The number of aromatic nitrogens is 1. The van der Waals surface area contributed by atoms with E-state index in [1.165, 1.54) is 18.3 Å². The lowest BCUT2D eigenvalue weighted by atomic mass is 10.1. The Bertz CT molecular complexity index is 1080. The molecule has 0 saturated heterocycles. The predicted molar refractivity (Wildman–Crippen MR) is 115 cm³/mol. The topological polar surface area (TPSA) is 80.3 Å². The third-order valence-electron chi connectivity index (χ3n) is 4.43. The monoisotopic (exact) mass is 463 g/mol. The zero-order valence-electron chi connectivity index (χ0n) is 17.2. The summed E-state index contributed by atoms with van der Waals surface area (Å²) >= 11 is 1.24. The van der Waals surface area contributed by atoms with Gasteiger partial charge in [0.2, 0.25) is 5.91 Å². The Labute approximate surface area is 186 Å². The van der Waals surface area contributed by atoms with Crippen molar-refractivity contribution in [2.75, 3.05) is 11.9 Å². The lowest BCUT2D eigenvalue weighted by Crippen LogP contribution is -2.23. The van der Waals surface area contributed by atoms with Crippen LogP contribution in [-0.4, -0.2) is 23.4 Å². The van der Waals surface area contributed by atoms with Crippen LogP contribution in [0.5, 0.6) is 5.75 Å². The smallest absolute Gasteiger partial charge is 0.416 e. The van der Waals surface area contributed by atoms with Crippen molar-refractivity contribution in [1.29, 1.82) is 0 Å². The van der Waals surface area contributed by atoms with E-state index in [-0.39, 0.29) is 24.3 Å². The Morgan fingerprint density at radius 2 is 1.75 bits per heavy atom. The quantitative estimate of drug-likeness (QED) is 0.514. The lowest BCUT2D eigenvalue weighted by Gasteiger charge is -2.13. The molecule has 0 unspecified atom stereocenters. The fraction of sp³-hybridized carbons (Fsp3) is 0.227. The number of alkyl halides is 3. The van der Waals surface area contributed by atoms with Gasteiger partial charge in [0.1, 0.15) is 5.75 Å². The number of carbonyl (C=O) groups excluding carboxylic acids is 2. The Balaban J connectivity index is 1.54. The molecule has 1 aromatic heterocycles. The van der Waals surface area contributed by atoms with Gasteiger partial charge in [-0.15, -0.1) is 11.3 Å². The summed E-state index contributed by atoms with van der Waals surface area (Å²) in [7, 11) is 0. The third-order valence-corrected chi connectivity index (χ3v) is 5.19. The highest BCUT2D eigenvalue weighted by atomic mass is 32.1. The Morgan fingerprint density at radius 3 is 2.34 bits per heavy atom. The van der Waals surface area contributed by atoms with E-state index in [1.807, 2.05) is 31.2 Å². The SMILES string of the molecule is CC(=O)N[C@@H](C)c1ccc(-c2csc(NC(=O)COc3ccc(C(F)(F)F)cc3)n2)cc1. The molecule has 0 saturated carbocycles. The fourth-order valence-electron chi connectivity index (χ4n) is 2.84. The minimum Gasteiger partial charge on any atom is -0.484 e. The van der Waals surface area contributed by atoms with E-state index in [2.05, 4.69) is 15.6 Å². The van der Waals surface area contributed by atoms with Gasteiger partial charge in [0.15, 0.2) is 11.7 Å². The van der Waals surface area contributed by atoms with Crippen molar-refractivity contribution in [2.24, 2.45) is 0 Å². The van der Waals surface area contributed by atoms with Crippen LogP contribution >= 0.6 is 11.3 Å². The van der Waals surface area contributed by atoms with Gasteiger partial charge >= 0.3 is 6.18 Å². The van der Waals surface area contributed by atoms with Crippen LogP contribution in [0.1, 0.15) is 31.0 Å². The van der Waals surface area contributed by atoms with E-state index in [0.717, 1.165) is 35.4 Å². The maximum Gasteiger partial charge on any atom is 0.416 e. The standard InChI is InChI=1S/C22H20F3N3O3S/c1-13(26-14(2)29)15-3-5-16(6-4-15)19-12-32-21(27-19)28-20(30)11-31-18-9-7-17(8-10-18)22(23,24)25/h3-10,12-13H,11H2,1-2H3,(H,26,29)(H,27,28,30)/t13-/m0/s1. The number of nitrogens with one attached hydrogen (secondary N) is 2. The first-order chi connectivity index (χ1) is 15.1. The van der Waals surface area contributed by atoms with Crippen LogP contribution in [0.25, 0.3) is 11.3 Å². The average molecular weight is 463 g/mol. The second-order valence-corrected chi connectivity index (χ2v) is 7.80. The maximum atomic E-state index is 12.6. The van der Waals surface area contributed by atoms with E-state index < -0.39 is 17.6 Å². The van der Waals surface area contributed by atoms with E-state index >= 15 is 0 Å². The van der Waals surface area contributed by atoms with Gasteiger partial charge in [-0.2, -0.15) is 13.2 Å². The van der Waals surface area contributed by atoms with Crippen molar-refractivity contribution in [3.8, 4) is 17.0 Å². The number of amides is 2. The summed E-state index contributed by atoms with van der Waals surface area (Å²) in [5.74, 6) is -0.435. The molecular weight excluding hydrogens is 443 g/mol. The zero-order valence-corrected chi connectivity index (χ0v) is 18.0. The van der Waals surface area contributed by atoms with Crippen LogP contribution in [0.15, 0.2) is 53.9 Å². The van der Waals surface area contributed by atoms with Gasteiger partial charge in [0.25, 0.3) is 5.91 Å². The molecule has 0 fully saturated rings. The normalized spacial score (nSPS) is 12.2. The molecule has 1 heterocycles. The molecular formula is C22H20F3N3O3S. The van der Waals surface area contributed by atoms with Crippen LogP contribution < -0.4 is 15.4 Å². The number of carbonyl (C=O) groups is 2. The number of thiazole rings is 1. The molecule has 2 N–H and O–H groups in total. The molecule has 3 aromatic rings. The zero-order chi connectivity index (χ0) is 23.3. The average Bonchev–Trinajstić information content (AvgIpc) is 3.20. The molecule has 6 nitrogen and oxygen atoms in total. The summed E-state index contributed by atoms with van der Waals surface area (Å²) < 4.78 is 43.0. The van der Waals surface area contributed by atoms with Crippen molar-refractivity contribution in [3.05, 3.63) is 65.0 Å². The molecule has 1 atom stereocenters. The van der Waals surface area contributed by atoms with Gasteiger partial charge in [-0.3, -0.25) is 14.9 Å². The van der Waals surface area contributed by atoms with Crippen molar-refractivity contribution in [2.45, 2.75) is 26.1 Å². The Hall–Kier alpha value is -3.40. The molecule has 0 bridgehead atoms. The fourth-order valence-corrected chi connectivity index (χ4v) is 3.57. The van der Waals surface area contributed by atoms with Crippen LogP contribution in [0.3, 0.4) is 0 Å². The Kier molecular flexibility index (Phi) is 7.14. The highest BCUT2D eigenvalue weighted by molar-refractivity contribution is 7.14. The highest BCUT2D eigenvalue weighted by Crippen LogP contribution is 2.30. The molecule has 0 aliphatic heterocycles. The lowest BCUT2D eigenvalue weighted by molar-refractivity contribution is -0.137. The number of ether oxygens (including phenoxy) is 1. The van der Waals surface area contributed by atoms with Crippen LogP contribution in [0, 0.1) is 0 Å². The minimum absolute atomic E-state index is 0.108. The second-order valence-electron chi connectivity index (χ2n) is 6.94. The van der Waals surface area contributed by atoms with Crippen LogP contribution in [-0.2, 0) is 15.8 Å².